The van der Waals surface area contributed by atoms with Gasteiger partial charge in [-0.05, 0) is 44.2 Å². The highest BCUT2D eigenvalue weighted by Crippen LogP contribution is 2.48. The number of amides is 1. The highest BCUT2D eigenvalue weighted by Gasteiger charge is 2.47. The smallest absolute Gasteiger partial charge is 0.234 e. The molecule has 0 aromatic carbocycles. The maximum absolute atomic E-state index is 12.0. The first-order valence-electron chi connectivity index (χ1n) is 7.32. The van der Waals surface area contributed by atoms with Crippen LogP contribution in [-0.4, -0.2) is 48.2 Å². The van der Waals surface area contributed by atoms with E-state index in [1.165, 1.54) is 19.3 Å². The van der Waals surface area contributed by atoms with E-state index in [2.05, 4.69) is 24.1 Å². The Labute approximate surface area is 110 Å². The number of rotatable bonds is 6. The Morgan fingerprint density at radius 2 is 1.94 bits per heavy atom. The van der Waals surface area contributed by atoms with Crippen LogP contribution >= 0.6 is 0 Å². The second-order valence-corrected chi connectivity index (χ2v) is 5.73. The van der Waals surface area contributed by atoms with Gasteiger partial charge in [0, 0.05) is 18.6 Å². The van der Waals surface area contributed by atoms with E-state index in [0.29, 0.717) is 24.3 Å². The lowest BCUT2D eigenvalue weighted by molar-refractivity contribution is -0.123. The lowest BCUT2D eigenvalue weighted by Crippen LogP contribution is -2.48. The van der Waals surface area contributed by atoms with Crippen LogP contribution in [0.2, 0.25) is 0 Å². The molecule has 0 saturated heterocycles. The standard InChI is InChI=1S/C14H26N2O2/c1-3-16(4-2)8-13(18)15-14-11-6-5-10(7-11)12(14)9-17/h10-12,14,17H,3-9H2,1-2H3,(H,15,18). The van der Waals surface area contributed by atoms with E-state index in [1.807, 2.05) is 0 Å². The molecule has 1 amide bonds. The molecular formula is C14H26N2O2. The van der Waals surface area contributed by atoms with E-state index in [9.17, 15) is 9.90 Å². The van der Waals surface area contributed by atoms with Crippen molar-refractivity contribution in [1.29, 1.82) is 0 Å². The first kappa shape index (κ1) is 13.8. The molecule has 0 spiro atoms. The third kappa shape index (κ3) is 2.69. The highest BCUT2D eigenvalue weighted by molar-refractivity contribution is 5.78. The molecular weight excluding hydrogens is 228 g/mol. The number of nitrogens with one attached hydrogen (secondary N) is 1. The fourth-order valence-corrected chi connectivity index (χ4v) is 3.78. The van der Waals surface area contributed by atoms with Crippen LogP contribution in [0, 0.1) is 17.8 Å². The molecule has 4 unspecified atom stereocenters. The SMILES string of the molecule is CCN(CC)CC(=O)NC1C2CCC(C2)C1CO. The summed E-state index contributed by atoms with van der Waals surface area (Å²) in [7, 11) is 0. The number of nitrogens with zero attached hydrogens (tertiary/aromatic N) is 1. The van der Waals surface area contributed by atoms with Crippen LogP contribution in [0.15, 0.2) is 0 Å². The zero-order chi connectivity index (χ0) is 13.1. The number of aliphatic hydroxyl groups excluding tert-OH is 1. The third-order valence-corrected chi connectivity index (χ3v) is 4.89. The van der Waals surface area contributed by atoms with Crippen LogP contribution in [0.3, 0.4) is 0 Å². The van der Waals surface area contributed by atoms with Crippen LogP contribution < -0.4 is 5.32 Å². The van der Waals surface area contributed by atoms with Crippen molar-refractivity contribution in [3.8, 4) is 0 Å². The summed E-state index contributed by atoms with van der Waals surface area (Å²) in [4.78, 5) is 14.2. The lowest BCUT2D eigenvalue weighted by Gasteiger charge is -2.31. The van der Waals surface area contributed by atoms with Gasteiger partial charge in [0.05, 0.1) is 6.54 Å². The van der Waals surface area contributed by atoms with Gasteiger partial charge in [-0.15, -0.1) is 0 Å². The first-order chi connectivity index (χ1) is 8.69. The maximum atomic E-state index is 12.0. The normalized spacial score (nSPS) is 34.2. The molecule has 2 aliphatic rings. The van der Waals surface area contributed by atoms with Gasteiger partial charge in [0.25, 0.3) is 0 Å². The molecule has 2 saturated carbocycles. The molecule has 2 N–H and O–H groups in total. The molecule has 4 atom stereocenters. The second kappa shape index (κ2) is 6.02. The predicted octanol–water partition coefficient (Wildman–Crippen LogP) is 0.851. The molecule has 4 heteroatoms. The Kier molecular flexibility index (Phi) is 4.62. The Morgan fingerprint density at radius 3 is 2.56 bits per heavy atom. The van der Waals surface area contributed by atoms with Gasteiger partial charge in [0.2, 0.25) is 5.91 Å². The summed E-state index contributed by atoms with van der Waals surface area (Å²) < 4.78 is 0. The second-order valence-electron chi connectivity index (χ2n) is 5.73. The van der Waals surface area contributed by atoms with Crippen molar-refractivity contribution in [2.75, 3.05) is 26.2 Å². The summed E-state index contributed by atoms with van der Waals surface area (Å²) in [5.41, 5.74) is 0. The Balaban J connectivity index is 1.87. The largest absolute Gasteiger partial charge is 0.396 e. The molecule has 0 heterocycles. The fourth-order valence-electron chi connectivity index (χ4n) is 3.78. The Morgan fingerprint density at radius 1 is 1.28 bits per heavy atom. The monoisotopic (exact) mass is 254 g/mol. The number of aliphatic hydroxyl groups is 1. The van der Waals surface area contributed by atoms with Crippen LogP contribution in [0.4, 0.5) is 0 Å². The van der Waals surface area contributed by atoms with E-state index in [0.717, 1.165) is 13.1 Å². The number of fused-ring (bicyclic) bond motifs is 2. The number of hydrogen-bond acceptors (Lipinski definition) is 3. The summed E-state index contributed by atoms with van der Waals surface area (Å²) >= 11 is 0. The van der Waals surface area contributed by atoms with Crippen LogP contribution in [0.25, 0.3) is 0 Å². The molecule has 0 radical (unpaired) electrons. The van der Waals surface area contributed by atoms with Gasteiger partial charge in [-0.1, -0.05) is 13.8 Å². The van der Waals surface area contributed by atoms with Gasteiger partial charge in [-0.25, -0.2) is 0 Å². The summed E-state index contributed by atoms with van der Waals surface area (Å²) in [5, 5.41) is 12.7. The van der Waals surface area contributed by atoms with Crippen molar-refractivity contribution in [1.82, 2.24) is 10.2 Å². The predicted molar refractivity (Wildman–Crippen MR) is 71.1 cm³/mol. The van der Waals surface area contributed by atoms with E-state index in [4.69, 9.17) is 0 Å². The summed E-state index contributed by atoms with van der Waals surface area (Å²) in [6.07, 6.45) is 3.65. The van der Waals surface area contributed by atoms with E-state index in [-0.39, 0.29) is 18.6 Å². The molecule has 0 aliphatic heterocycles. The molecule has 2 fully saturated rings. The molecule has 104 valence electrons. The number of carbonyl (C=O) groups is 1. The number of likely N-dealkylation sites (N-methyl/N-ethyl adjacent to an activating group) is 1. The molecule has 18 heavy (non-hydrogen) atoms. The van der Waals surface area contributed by atoms with Crippen molar-refractivity contribution in [3.05, 3.63) is 0 Å². The van der Waals surface area contributed by atoms with Gasteiger partial charge >= 0.3 is 0 Å². The first-order valence-corrected chi connectivity index (χ1v) is 7.32. The maximum Gasteiger partial charge on any atom is 0.234 e. The molecule has 2 aliphatic carbocycles. The molecule has 0 aromatic rings. The molecule has 2 bridgehead atoms. The minimum atomic E-state index is 0.120. The average molecular weight is 254 g/mol. The quantitative estimate of drug-likeness (QED) is 0.739. The van der Waals surface area contributed by atoms with E-state index < -0.39 is 0 Å². The van der Waals surface area contributed by atoms with Crippen molar-refractivity contribution in [2.24, 2.45) is 17.8 Å². The molecule has 4 nitrogen and oxygen atoms in total. The molecule has 2 rings (SSSR count). The lowest BCUT2D eigenvalue weighted by atomic mass is 9.85. The Hall–Kier alpha value is -0.610. The minimum absolute atomic E-state index is 0.120. The van der Waals surface area contributed by atoms with Crippen LogP contribution in [-0.2, 0) is 4.79 Å². The fraction of sp³-hybridized carbons (Fsp3) is 0.929. The van der Waals surface area contributed by atoms with Gasteiger partial charge in [-0.3, -0.25) is 9.69 Å². The topological polar surface area (TPSA) is 52.6 Å². The minimum Gasteiger partial charge on any atom is -0.396 e. The van der Waals surface area contributed by atoms with Crippen molar-refractivity contribution >= 4 is 5.91 Å². The third-order valence-electron chi connectivity index (χ3n) is 4.89. The van der Waals surface area contributed by atoms with Gasteiger partial charge < -0.3 is 10.4 Å². The van der Waals surface area contributed by atoms with Gasteiger partial charge in [-0.2, -0.15) is 0 Å². The zero-order valence-corrected chi connectivity index (χ0v) is 11.6. The van der Waals surface area contributed by atoms with Crippen LogP contribution in [0.5, 0.6) is 0 Å². The zero-order valence-electron chi connectivity index (χ0n) is 11.6. The van der Waals surface area contributed by atoms with Crippen molar-refractivity contribution in [3.63, 3.8) is 0 Å². The molecule has 0 aromatic heterocycles. The Bertz CT molecular complexity index is 292. The van der Waals surface area contributed by atoms with Gasteiger partial charge in [0.1, 0.15) is 0 Å². The van der Waals surface area contributed by atoms with E-state index in [1.54, 1.807) is 0 Å². The van der Waals surface area contributed by atoms with Crippen molar-refractivity contribution in [2.45, 2.75) is 39.2 Å². The van der Waals surface area contributed by atoms with Gasteiger partial charge in [0.15, 0.2) is 0 Å². The van der Waals surface area contributed by atoms with Crippen molar-refractivity contribution < 1.29 is 9.90 Å². The summed E-state index contributed by atoms with van der Waals surface area (Å²) in [6, 6.07) is 0.219. The summed E-state index contributed by atoms with van der Waals surface area (Å²) in [6.45, 7) is 6.67. The average Bonchev–Trinajstić information content (AvgIpc) is 2.96. The summed E-state index contributed by atoms with van der Waals surface area (Å²) in [5.74, 6) is 1.66. The highest BCUT2D eigenvalue weighted by atomic mass is 16.3. The number of carbonyl (C=O) groups excluding carboxylic acids is 1. The van der Waals surface area contributed by atoms with E-state index >= 15 is 0 Å². The number of hydrogen-bond donors (Lipinski definition) is 2. The van der Waals surface area contributed by atoms with Crippen LogP contribution in [0.1, 0.15) is 33.1 Å².